The number of halogens is 2. The molecule has 0 bridgehead atoms. The lowest BCUT2D eigenvalue weighted by atomic mass is 10.1. The molecule has 2 unspecified atom stereocenters. The van der Waals surface area contributed by atoms with E-state index in [2.05, 4.69) is 0 Å². The van der Waals surface area contributed by atoms with Crippen LogP contribution in [0.15, 0.2) is 0 Å². The first kappa shape index (κ1) is 15.2. The number of likely N-dealkylation sites (tertiary alicyclic amines) is 1. The van der Waals surface area contributed by atoms with Crippen molar-refractivity contribution in [3.8, 4) is 0 Å². The third kappa shape index (κ3) is 4.44. The molecule has 0 aromatic heterocycles. The molecule has 1 saturated heterocycles. The monoisotopic (exact) mass is 279 g/mol. The van der Waals surface area contributed by atoms with Crippen molar-refractivity contribution in [2.24, 2.45) is 0 Å². The van der Waals surface area contributed by atoms with E-state index < -0.39 is 23.1 Å². The fraction of sp³-hybridized carbons (Fsp3) is 0.833. The summed E-state index contributed by atoms with van der Waals surface area (Å²) >= 11 is 5.09. The van der Waals surface area contributed by atoms with Crippen molar-refractivity contribution in [2.75, 3.05) is 6.54 Å². The summed E-state index contributed by atoms with van der Waals surface area (Å²) < 4.78 is 18.5. The first-order valence-corrected chi connectivity index (χ1v) is 6.41. The van der Waals surface area contributed by atoms with Crippen LogP contribution in [0.4, 0.5) is 9.18 Å². The minimum absolute atomic E-state index is 0.0540. The Labute approximate surface area is 111 Å². The van der Waals surface area contributed by atoms with Gasteiger partial charge in [0.05, 0.1) is 0 Å². The third-order valence-electron chi connectivity index (χ3n) is 2.73. The Balaban J connectivity index is 2.59. The molecule has 1 heterocycles. The van der Waals surface area contributed by atoms with Crippen molar-refractivity contribution >= 4 is 22.9 Å². The van der Waals surface area contributed by atoms with E-state index in [0.717, 1.165) is 6.42 Å². The van der Waals surface area contributed by atoms with Crippen LogP contribution in [0.2, 0.25) is 0 Å². The van der Waals surface area contributed by atoms with E-state index in [1.54, 1.807) is 20.8 Å². The molecule has 0 aliphatic carbocycles. The van der Waals surface area contributed by atoms with Gasteiger partial charge in [0.1, 0.15) is 5.60 Å². The minimum Gasteiger partial charge on any atom is -0.444 e. The Bertz CT molecular complexity index is 330. The largest absolute Gasteiger partial charge is 0.444 e. The van der Waals surface area contributed by atoms with Crippen LogP contribution in [-0.4, -0.2) is 40.6 Å². The lowest BCUT2D eigenvalue weighted by Crippen LogP contribution is -2.41. The molecule has 0 spiro atoms. The van der Waals surface area contributed by atoms with Crippen molar-refractivity contribution in [3.05, 3.63) is 0 Å². The van der Waals surface area contributed by atoms with Crippen LogP contribution in [0.5, 0.6) is 0 Å². The Morgan fingerprint density at radius 1 is 1.50 bits per heavy atom. The van der Waals surface area contributed by atoms with Gasteiger partial charge in [-0.15, -0.1) is 0 Å². The molecule has 2 atom stereocenters. The van der Waals surface area contributed by atoms with Crippen molar-refractivity contribution in [2.45, 2.75) is 57.8 Å². The molecular formula is C12H19ClFNO3. The zero-order valence-corrected chi connectivity index (χ0v) is 11.7. The summed E-state index contributed by atoms with van der Waals surface area (Å²) in [7, 11) is 0. The first-order valence-electron chi connectivity index (χ1n) is 6.04. The van der Waals surface area contributed by atoms with E-state index in [9.17, 15) is 14.0 Å². The van der Waals surface area contributed by atoms with E-state index in [1.165, 1.54) is 4.90 Å². The Kier molecular flexibility index (Phi) is 4.96. The molecule has 0 aromatic carbocycles. The highest BCUT2D eigenvalue weighted by Gasteiger charge is 2.34. The predicted molar refractivity (Wildman–Crippen MR) is 66.3 cm³/mol. The number of rotatable bonds is 3. The van der Waals surface area contributed by atoms with Gasteiger partial charge in [0.2, 0.25) is 0 Å². The number of hydrogen-bond acceptors (Lipinski definition) is 3. The van der Waals surface area contributed by atoms with Gasteiger partial charge in [0.15, 0.2) is 6.17 Å². The van der Waals surface area contributed by atoms with E-state index in [0.29, 0.717) is 13.0 Å². The van der Waals surface area contributed by atoms with Crippen molar-refractivity contribution in [1.29, 1.82) is 0 Å². The summed E-state index contributed by atoms with van der Waals surface area (Å²) in [5.41, 5.74) is -0.582. The van der Waals surface area contributed by atoms with Gasteiger partial charge in [-0.1, -0.05) is 0 Å². The molecule has 4 nitrogen and oxygen atoms in total. The summed E-state index contributed by atoms with van der Waals surface area (Å²) in [6, 6.07) is -0.308. The smallest absolute Gasteiger partial charge is 0.410 e. The van der Waals surface area contributed by atoms with Crippen LogP contribution < -0.4 is 0 Å². The highest BCUT2D eigenvalue weighted by atomic mass is 35.5. The quantitative estimate of drug-likeness (QED) is 0.746. The highest BCUT2D eigenvalue weighted by molar-refractivity contribution is 6.64. The lowest BCUT2D eigenvalue weighted by Gasteiger charge is -2.28. The number of alkyl halides is 1. The van der Waals surface area contributed by atoms with Crippen LogP contribution in [-0.2, 0) is 9.53 Å². The first-order chi connectivity index (χ1) is 8.20. The molecule has 1 fully saturated rings. The number of amides is 1. The van der Waals surface area contributed by atoms with E-state index >= 15 is 0 Å². The summed E-state index contributed by atoms with van der Waals surface area (Å²) in [6.07, 6.45) is -0.780. The van der Waals surface area contributed by atoms with E-state index in [4.69, 9.17) is 16.3 Å². The van der Waals surface area contributed by atoms with Gasteiger partial charge in [-0.05, 0) is 45.2 Å². The van der Waals surface area contributed by atoms with Gasteiger partial charge >= 0.3 is 6.09 Å². The Morgan fingerprint density at radius 3 is 2.61 bits per heavy atom. The van der Waals surface area contributed by atoms with Crippen LogP contribution >= 0.6 is 11.6 Å². The number of hydrogen-bond donors (Lipinski definition) is 0. The normalized spacial score (nSPS) is 21.8. The maximum atomic E-state index is 13.3. The molecule has 0 radical (unpaired) electrons. The van der Waals surface area contributed by atoms with Gasteiger partial charge < -0.3 is 9.64 Å². The number of ether oxygens (including phenoxy) is 1. The molecule has 1 rings (SSSR count). The maximum absolute atomic E-state index is 13.3. The zero-order chi connectivity index (χ0) is 13.9. The van der Waals surface area contributed by atoms with E-state index in [-0.39, 0.29) is 12.5 Å². The summed E-state index contributed by atoms with van der Waals surface area (Å²) in [4.78, 5) is 24.1. The molecule has 1 aliphatic heterocycles. The molecule has 104 valence electrons. The average molecular weight is 280 g/mol. The SMILES string of the molecule is CC(C)(C)OC(=O)N1CCCC1CC(F)C(=O)Cl. The van der Waals surface area contributed by atoms with Gasteiger partial charge in [0, 0.05) is 19.0 Å². The fourth-order valence-electron chi connectivity index (χ4n) is 1.97. The number of carbonyl (C=O) groups excluding carboxylic acids is 2. The minimum atomic E-state index is -1.72. The van der Waals surface area contributed by atoms with Gasteiger partial charge in [-0.3, -0.25) is 4.79 Å². The summed E-state index contributed by atoms with van der Waals surface area (Å²) in [5, 5.41) is -1.01. The Hall–Kier alpha value is -0.840. The fourth-order valence-corrected chi connectivity index (χ4v) is 2.06. The number of nitrogens with zero attached hydrogens (tertiary/aromatic N) is 1. The van der Waals surface area contributed by atoms with Gasteiger partial charge in [-0.2, -0.15) is 0 Å². The molecule has 18 heavy (non-hydrogen) atoms. The Morgan fingerprint density at radius 2 is 2.11 bits per heavy atom. The van der Waals surface area contributed by atoms with Crippen LogP contribution in [0, 0.1) is 0 Å². The van der Waals surface area contributed by atoms with Gasteiger partial charge in [0.25, 0.3) is 5.24 Å². The van der Waals surface area contributed by atoms with Crippen molar-refractivity contribution < 1.29 is 18.7 Å². The maximum Gasteiger partial charge on any atom is 0.410 e. The topological polar surface area (TPSA) is 46.6 Å². The van der Waals surface area contributed by atoms with Crippen LogP contribution in [0.25, 0.3) is 0 Å². The lowest BCUT2D eigenvalue weighted by molar-refractivity contribution is -0.116. The molecule has 0 N–H and O–H groups in total. The summed E-state index contributed by atoms with van der Waals surface area (Å²) in [6.45, 7) is 5.85. The molecule has 1 amide bonds. The highest BCUT2D eigenvalue weighted by Crippen LogP contribution is 2.25. The zero-order valence-electron chi connectivity index (χ0n) is 10.9. The second kappa shape index (κ2) is 5.87. The van der Waals surface area contributed by atoms with Crippen LogP contribution in [0.1, 0.15) is 40.0 Å². The summed E-state index contributed by atoms with van der Waals surface area (Å²) in [5.74, 6) is 0. The number of carbonyl (C=O) groups is 2. The predicted octanol–water partition coefficient (Wildman–Crippen LogP) is 2.88. The van der Waals surface area contributed by atoms with Gasteiger partial charge in [-0.25, -0.2) is 9.18 Å². The molecule has 1 aliphatic rings. The average Bonchev–Trinajstić information content (AvgIpc) is 2.62. The second-order valence-corrected chi connectivity index (χ2v) is 5.85. The van der Waals surface area contributed by atoms with E-state index in [1.807, 2.05) is 0 Å². The molecular weight excluding hydrogens is 261 g/mol. The van der Waals surface area contributed by atoms with Crippen molar-refractivity contribution in [1.82, 2.24) is 4.90 Å². The third-order valence-corrected chi connectivity index (χ3v) is 2.97. The molecule has 0 aromatic rings. The van der Waals surface area contributed by atoms with Crippen LogP contribution in [0.3, 0.4) is 0 Å². The van der Waals surface area contributed by atoms with Crippen molar-refractivity contribution in [3.63, 3.8) is 0 Å². The molecule has 6 heteroatoms. The standard InChI is InChI=1S/C12H19ClFNO3/c1-12(2,3)18-11(17)15-6-4-5-8(15)7-9(14)10(13)16/h8-9H,4-7H2,1-3H3. The second-order valence-electron chi connectivity index (χ2n) is 5.48. The molecule has 0 saturated carbocycles.